The number of rotatable bonds is 17. The number of carbonyl (C=O) groups excluding carboxylic acids is 5. The Bertz CT molecular complexity index is 2740. The van der Waals surface area contributed by atoms with Gasteiger partial charge in [0.15, 0.2) is 0 Å². The largest absolute Gasteiger partial charge is 0.495 e. The fourth-order valence-electron chi connectivity index (χ4n) is 10.5. The molecule has 2 atom stereocenters. The zero-order valence-corrected chi connectivity index (χ0v) is 45.4. The lowest BCUT2D eigenvalue weighted by atomic mass is 9.86. The number of nitrogens with zero attached hydrogens (tertiary/aromatic N) is 2. The molecular formula is C57H70BrN7O12. The van der Waals surface area contributed by atoms with E-state index in [0.29, 0.717) is 104 Å². The van der Waals surface area contributed by atoms with E-state index in [1.165, 1.54) is 14.2 Å². The molecule has 412 valence electrons. The molecule has 0 unspecified atom stereocenters. The Hall–Kier alpha value is -7.19. The lowest BCUT2D eigenvalue weighted by Gasteiger charge is -2.30. The summed E-state index contributed by atoms with van der Waals surface area (Å²) < 4.78 is 17.8. The number of likely N-dealkylation sites (tertiary alicyclic amines) is 2. The van der Waals surface area contributed by atoms with Gasteiger partial charge in [0.1, 0.15) is 17.5 Å². The summed E-state index contributed by atoms with van der Waals surface area (Å²) in [5, 5.41) is 32.6. The molecule has 0 aromatic heterocycles. The number of amides is 7. The summed E-state index contributed by atoms with van der Waals surface area (Å²) >= 11 is 3.41. The lowest BCUT2D eigenvalue weighted by molar-refractivity contribution is -0.144. The molecule has 20 heteroatoms. The van der Waals surface area contributed by atoms with Crippen LogP contribution in [0.2, 0.25) is 0 Å². The summed E-state index contributed by atoms with van der Waals surface area (Å²) in [5.41, 5.74) is 4.75. The van der Waals surface area contributed by atoms with E-state index in [1.807, 2.05) is 60.4 Å². The third-order valence-electron chi connectivity index (χ3n) is 14.8. The van der Waals surface area contributed by atoms with E-state index in [4.69, 9.17) is 14.2 Å². The number of hydrogen-bond acceptors (Lipinski definition) is 10. The number of carbonyl (C=O) groups is 7. The molecule has 2 saturated heterocycles. The first kappa shape index (κ1) is 57.5. The zero-order chi connectivity index (χ0) is 55.0. The van der Waals surface area contributed by atoms with Gasteiger partial charge in [-0.2, -0.15) is 0 Å². The topological polar surface area (TPSA) is 254 Å². The number of ether oxygens (including phenoxy) is 3. The average molecular weight is 1130 g/mol. The molecule has 0 radical (unpaired) electrons. The first-order valence-electron chi connectivity index (χ1n) is 26.4. The van der Waals surface area contributed by atoms with Crippen molar-refractivity contribution in [2.45, 2.75) is 121 Å². The number of anilines is 4. The van der Waals surface area contributed by atoms with Crippen LogP contribution >= 0.6 is 15.9 Å². The van der Waals surface area contributed by atoms with Crippen molar-refractivity contribution < 1.29 is 58.0 Å². The van der Waals surface area contributed by atoms with Gasteiger partial charge in [-0.25, -0.2) is 9.59 Å². The van der Waals surface area contributed by atoms with Gasteiger partial charge in [-0.05, 0) is 159 Å². The molecule has 0 bridgehead atoms. The van der Waals surface area contributed by atoms with Gasteiger partial charge >= 0.3 is 24.0 Å². The molecule has 0 spiro atoms. The molecule has 2 heterocycles. The number of benzene rings is 4. The van der Waals surface area contributed by atoms with Crippen molar-refractivity contribution in [2.24, 2.45) is 11.8 Å². The molecule has 8 rings (SSSR count). The smallest absolute Gasteiger partial charge is 0.323 e. The second-order valence-electron chi connectivity index (χ2n) is 20.0. The Morgan fingerprint density at radius 1 is 0.584 bits per heavy atom. The van der Waals surface area contributed by atoms with E-state index in [1.54, 1.807) is 41.3 Å². The maximum atomic E-state index is 13.2. The molecule has 2 aliphatic heterocycles. The molecule has 7 amide bonds. The number of hydrogen-bond donors (Lipinski definition) is 7. The Balaban J connectivity index is 0.000000224. The van der Waals surface area contributed by atoms with E-state index in [9.17, 15) is 43.8 Å². The zero-order valence-electron chi connectivity index (χ0n) is 43.8. The second-order valence-corrected chi connectivity index (χ2v) is 20.9. The van der Waals surface area contributed by atoms with Crippen molar-refractivity contribution in [1.82, 2.24) is 15.1 Å². The quantitative estimate of drug-likeness (QED) is 0.0522. The van der Waals surface area contributed by atoms with Gasteiger partial charge in [-0.3, -0.25) is 24.0 Å². The minimum absolute atomic E-state index is 0.0279. The van der Waals surface area contributed by atoms with Crippen LogP contribution < -0.4 is 36.1 Å². The van der Waals surface area contributed by atoms with E-state index in [-0.39, 0.29) is 60.6 Å². The highest BCUT2D eigenvalue weighted by molar-refractivity contribution is 9.10. The number of aryl methyl sites for hydroxylation is 1. The molecule has 4 aromatic rings. The molecule has 7 N–H and O–H groups in total. The van der Waals surface area contributed by atoms with Crippen LogP contribution in [-0.2, 0) is 41.6 Å². The van der Waals surface area contributed by atoms with Gasteiger partial charge in [0.25, 0.3) is 0 Å². The highest BCUT2D eigenvalue weighted by Gasteiger charge is 2.36. The van der Waals surface area contributed by atoms with Crippen molar-refractivity contribution in [3.8, 4) is 11.5 Å². The Morgan fingerprint density at radius 3 is 1.64 bits per heavy atom. The third-order valence-corrected chi connectivity index (χ3v) is 15.5. The molecule has 2 saturated carbocycles. The van der Waals surface area contributed by atoms with Crippen LogP contribution in [0.15, 0.2) is 89.4 Å². The molecule has 2 aliphatic carbocycles. The SMILES string of the molecule is COc1cc(CC(=O)N2CCC[C@H]2C(=O)NC2CCC(C(=O)O)CC2)ccc1NC(=O)Nc1ccccc1C.COc1cc(CC(=O)N2CCC[C@H]2COC2CCC(C(=O)O)CC2)ccc1NC(=O)Nc1ccccc1Br. The van der Waals surface area contributed by atoms with Crippen LogP contribution in [0, 0.1) is 18.8 Å². The predicted octanol–water partition coefficient (Wildman–Crippen LogP) is 9.24. The number of carboxylic acid groups (broad SMARTS) is 2. The van der Waals surface area contributed by atoms with Crippen LogP contribution in [0.4, 0.5) is 32.3 Å². The number of aliphatic carboxylic acids is 2. The standard InChI is InChI=1S/C29H36N4O6.C28H34BrN3O6/c1-18-6-3-4-7-22(18)31-29(38)32-23-14-9-19(16-25(23)39-2)17-26(34)33-15-5-8-24(33)27(35)30-21-12-10-20(11-13-21)28(36)37;1-37-25-15-18(8-13-24(25)31-28(36)30-23-7-3-2-6-22(23)29)16-26(33)32-14-4-5-20(32)17-38-21-11-9-19(10-12-21)27(34)35/h3-4,6-7,9,14,16,20-21,24H,5,8,10-13,15,17H2,1-2H3,(H,30,35)(H,36,37)(H2,31,32,38);2-3,6-8,13,15,19-21H,4-5,9-12,14,16-17H2,1H3,(H,34,35)(H2,30,31,36)/t20?,21?,24-;19?,20-,21?/m00/s1. The summed E-state index contributed by atoms with van der Waals surface area (Å²) in [4.78, 5) is 90.3. The average Bonchev–Trinajstić information content (AvgIpc) is 4.12. The lowest BCUT2D eigenvalue weighted by Crippen LogP contribution is -2.50. The number of halogens is 1. The first-order chi connectivity index (χ1) is 37.1. The van der Waals surface area contributed by atoms with Gasteiger partial charge in [0.2, 0.25) is 17.7 Å². The van der Waals surface area contributed by atoms with E-state index >= 15 is 0 Å². The first-order valence-corrected chi connectivity index (χ1v) is 27.1. The fourth-order valence-corrected chi connectivity index (χ4v) is 10.8. The van der Waals surface area contributed by atoms with Gasteiger partial charge in [0.05, 0.1) is 74.7 Å². The molecule has 77 heavy (non-hydrogen) atoms. The number of methoxy groups -OCH3 is 2. The monoisotopic (exact) mass is 1120 g/mol. The minimum atomic E-state index is -0.779. The Labute approximate surface area is 457 Å². The van der Waals surface area contributed by atoms with Gasteiger partial charge < -0.3 is 60.8 Å². The van der Waals surface area contributed by atoms with Crippen LogP contribution in [0.1, 0.15) is 93.7 Å². The van der Waals surface area contributed by atoms with E-state index in [0.717, 1.165) is 47.7 Å². The maximum Gasteiger partial charge on any atom is 0.323 e. The van der Waals surface area contributed by atoms with Crippen LogP contribution in [0.5, 0.6) is 11.5 Å². The van der Waals surface area contributed by atoms with Crippen molar-refractivity contribution in [3.63, 3.8) is 0 Å². The normalized spacial score (nSPS) is 20.9. The van der Waals surface area contributed by atoms with Crippen molar-refractivity contribution >= 4 is 80.4 Å². The fraction of sp³-hybridized carbons (Fsp3) is 0.456. The summed E-state index contributed by atoms with van der Waals surface area (Å²) in [6.45, 7) is 3.60. The summed E-state index contributed by atoms with van der Waals surface area (Å²) in [6, 6.07) is 23.9. The summed E-state index contributed by atoms with van der Waals surface area (Å²) in [6.07, 6.45) is 8.71. The molecule has 19 nitrogen and oxygen atoms in total. The predicted molar refractivity (Wildman–Crippen MR) is 294 cm³/mol. The summed E-state index contributed by atoms with van der Waals surface area (Å²) in [5.74, 6) is -1.51. The van der Waals surface area contributed by atoms with Crippen LogP contribution in [-0.4, -0.2) is 120 Å². The number of carboxylic acids is 2. The van der Waals surface area contributed by atoms with Crippen molar-refractivity contribution in [3.05, 3.63) is 106 Å². The Kier molecular flexibility index (Phi) is 20.7. The van der Waals surface area contributed by atoms with Crippen LogP contribution in [0.3, 0.4) is 0 Å². The number of urea groups is 2. The summed E-state index contributed by atoms with van der Waals surface area (Å²) in [7, 11) is 3.02. The molecular weight excluding hydrogens is 1050 g/mol. The van der Waals surface area contributed by atoms with Crippen LogP contribution in [0.25, 0.3) is 0 Å². The number of nitrogens with one attached hydrogen (secondary N) is 5. The van der Waals surface area contributed by atoms with Gasteiger partial charge in [-0.15, -0.1) is 0 Å². The van der Waals surface area contributed by atoms with Gasteiger partial charge in [-0.1, -0.05) is 42.5 Å². The van der Waals surface area contributed by atoms with E-state index in [2.05, 4.69) is 42.5 Å². The van der Waals surface area contributed by atoms with Gasteiger partial charge in [0, 0.05) is 29.3 Å². The highest BCUT2D eigenvalue weighted by Crippen LogP contribution is 2.32. The second kappa shape index (κ2) is 27.7. The highest BCUT2D eigenvalue weighted by atomic mass is 79.9. The Morgan fingerprint density at radius 2 is 1.08 bits per heavy atom. The number of para-hydroxylation sites is 2. The minimum Gasteiger partial charge on any atom is -0.495 e. The molecule has 4 aromatic carbocycles. The third kappa shape index (κ3) is 16.2. The molecule has 4 fully saturated rings. The van der Waals surface area contributed by atoms with Crippen molar-refractivity contribution in [1.29, 1.82) is 0 Å². The molecule has 4 aliphatic rings. The van der Waals surface area contributed by atoms with Crippen molar-refractivity contribution in [2.75, 3.05) is 55.2 Å². The maximum absolute atomic E-state index is 13.2. The van der Waals surface area contributed by atoms with E-state index < -0.39 is 30.0 Å².